The standard InChI is InChI=1S/C26H24N6O2/c27-25(34)19-10-9-17(13-21(19)29-11-4-12-33)32-22-7-2-1-5-20(22)24-18(6-3-8-23(24)32)16-14-30-26(28)31-15-16/h1-3,5-10,13-15,29,33H,4,11-12H2,(H2,27,34)(H2,28,30,31). The molecule has 8 nitrogen and oxygen atoms in total. The molecule has 2 aromatic heterocycles. The van der Waals surface area contributed by atoms with Gasteiger partial charge in [-0.2, -0.15) is 0 Å². The van der Waals surface area contributed by atoms with Crippen molar-refractivity contribution in [1.29, 1.82) is 0 Å². The van der Waals surface area contributed by atoms with Gasteiger partial charge < -0.3 is 26.5 Å². The number of carbonyl (C=O) groups is 1. The Hall–Kier alpha value is -4.43. The molecule has 5 rings (SSSR count). The van der Waals surface area contributed by atoms with Gasteiger partial charge in [-0.25, -0.2) is 9.97 Å². The fourth-order valence-corrected chi connectivity index (χ4v) is 4.35. The lowest BCUT2D eigenvalue weighted by Crippen LogP contribution is -2.15. The molecule has 0 aliphatic rings. The Morgan fingerprint density at radius 2 is 1.76 bits per heavy atom. The molecular weight excluding hydrogens is 428 g/mol. The Morgan fingerprint density at radius 3 is 2.53 bits per heavy atom. The van der Waals surface area contributed by atoms with Crippen LogP contribution in [-0.4, -0.2) is 38.7 Å². The van der Waals surface area contributed by atoms with Crippen molar-refractivity contribution in [2.75, 3.05) is 24.2 Å². The van der Waals surface area contributed by atoms with Crippen LogP contribution < -0.4 is 16.8 Å². The van der Waals surface area contributed by atoms with Crippen LogP contribution in [0.25, 0.3) is 38.6 Å². The van der Waals surface area contributed by atoms with Gasteiger partial charge in [-0.15, -0.1) is 0 Å². The summed E-state index contributed by atoms with van der Waals surface area (Å²) in [7, 11) is 0. The summed E-state index contributed by atoms with van der Waals surface area (Å²) in [6.07, 6.45) is 4.02. The van der Waals surface area contributed by atoms with Crippen LogP contribution in [0.3, 0.4) is 0 Å². The van der Waals surface area contributed by atoms with Crippen LogP contribution in [0.1, 0.15) is 16.8 Å². The molecule has 0 radical (unpaired) electrons. The number of anilines is 2. The zero-order valence-electron chi connectivity index (χ0n) is 18.4. The van der Waals surface area contributed by atoms with Gasteiger partial charge in [0.05, 0.1) is 16.6 Å². The molecule has 3 aromatic carbocycles. The van der Waals surface area contributed by atoms with Crippen molar-refractivity contribution in [3.8, 4) is 16.8 Å². The highest BCUT2D eigenvalue weighted by molar-refractivity contribution is 6.15. The molecule has 0 aliphatic carbocycles. The number of nitrogens with one attached hydrogen (secondary N) is 1. The molecule has 8 heteroatoms. The van der Waals surface area contributed by atoms with Crippen LogP contribution in [0, 0.1) is 0 Å². The molecule has 0 saturated heterocycles. The number of nitrogens with two attached hydrogens (primary N) is 2. The van der Waals surface area contributed by atoms with Gasteiger partial charge in [0, 0.05) is 53.3 Å². The van der Waals surface area contributed by atoms with Gasteiger partial charge in [-0.3, -0.25) is 4.79 Å². The number of carbonyl (C=O) groups excluding carboxylic acids is 1. The highest BCUT2D eigenvalue weighted by Gasteiger charge is 2.17. The summed E-state index contributed by atoms with van der Waals surface area (Å²) in [5.41, 5.74) is 17.1. The number of amides is 1. The number of nitrogen functional groups attached to an aromatic ring is 1. The predicted molar refractivity (Wildman–Crippen MR) is 135 cm³/mol. The largest absolute Gasteiger partial charge is 0.396 e. The number of rotatable bonds is 7. The molecule has 0 spiro atoms. The van der Waals surface area contributed by atoms with E-state index in [2.05, 4.69) is 38.1 Å². The number of benzene rings is 3. The molecule has 0 atom stereocenters. The number of hydrogen-bond acceptors (Lipinski definition) is 6. The van der Waals surface area contributed by atoms with Crippen molar-refractivity contribution in [1.82, 2.24) is 14.5 Å². The second-order valence-electron chi connectivity index (χ2n) is 7.98. The Balaban J connectivity index is 1.76. The average Bonchev–Trinajstić information content (AvgIpc) is 3.19. The zero-order valence-corrected chi connectivity index (χ0v) is 18.4. The summed E-state index contributed by atoms with van der Waals surface area (Å²) in [6.45, 7) is 0.581. The molecule has 170 valence electrons. The number of nitrogens with zero attached hydrogens (tertiary/aromatic N) is 3. The quantitative estimate of drug-likeness (QED) is 0.278. The third-order valence-corrected chi connectivity index (χ3v) is 5.86. The summed E-state index contributed by atoms with van der Waals surface area (Å²) < 4.78 is 2.16. The normalized spacial score (nSPS) is 11.2. The molecule has 0 bridgehead atoms. The van der Waals surface area contributed by atoms with Crippen LogP contribution in [0.2, 0.25) is 0 Å². The highest BCUT2D eigenvalue weighted by Crippen LogP contribution is 2.38. The summed E-state index contributed by atoms with van der Waals surface area (Å²) >= 11 is 0. The maximum absolute atomic E-state index is 12.0. The van der Waals surface area contributed by atoms with E-state index in [0.29, 0.717) is 24.2 Å². The zero-order chi connectivity index (χ0) is 23.7. The van der Waals surface area contributed by atoms with Crippen LogP contribution in [0.5, 0.6) is 0 Å². The molecule has 0 unspecified atom stereocenters. The van der Waals surface area contributed by atoms with Gasteiger partial charge in [-0.1, -0.05) is 30.3 Å². The molecule has 6 N–H and O–H groups in total. The second-order valence-corrected chi connectivity index (χ2v) is 7.98. The molecule has 1 amide bonds. The third kappa shape index (κ3) is 3.70. The first kappa shape index (κ1) is 21.4. The van der Waals surface area contributed by atoms with E-state index in [-0.39, 0.29) is 12.6 Å². The Morgan fingerprint density at radius 1 is 1.00 bits per heavy atom. The minimum atomic E-state index is -0.508. The van der Waals surface area contributed by atoms with Crippen LogP contribution in [0.15, 0.2) is 73.1 Å². The number of para-hydroxylation sites is 1. The summed E-state index contributed by atoms with van der Waals surface area (Å²) in [5.74, 6) is -0.278. The van der Waals surface area contributed by atoms with Crippen molar-refractivity contribution in [3.05, 3.63) is 78.6 Å². The Bertz CT molecular complexity index is 1510. The highest BCUT2D eigenvalue weighted by atomic mass is 16.3. The molecular formula is C26H24N6O2. The maximum Gasteiger partial charge on any atom is 0.250 e. The topological polar surface area (TPSA) is 132 Å². The van der Waals surface area contributed by atoms with Gasteiger partial charge in [0.15, 0.2) is 0 Å². The molecule has 5 aromatic rings. The first-order chi connectivity index (χ1) is 16.6. The molecule has 0 saturated carbocycles. The number of aromatic nitrogens is 3. The van der Waals surface area contributed by atoms with Gasteiger partial charge in [0.2, 0.25) is 5.95 Å². The number of fused-ring (bicyclic) bond motifs is 3. The van der Waals surface area contributed by atoms with Gasteiger partial charge in [0.25, 0.3) is 5.91 Å². The molecule has 0 aliphatic heterocycles. The van der Waals surface area contributed by atoms with E-state index in [1.54, 1.807) is 18.5 Å². The van der Waals surface area contributed by atoms with E-state index in [4.69, 9.17) is 16.6 Å². The fraction of sp³-hybridized carbons (Fsp3) is 0.115. The van der Waals surface area contributed by atoms with Crippen LogP contribution >= 0.6 is 0 Å². The van der Waals surface area contributed by atoms with Gasteiger partial charge in [-0.05, 0) is 42.3 Å². The van der Waals surface area contributed by atoms with Crippen LogP contribution in [-0.2, 0) is 0 Å². The van der Waals surface area contributed by atoms with Crippen molar-refractivity contribution < 1.29 is 9.90 Å². The number of aliphatic hydroxyl groups excluding tert-OH is 1. The summed E-state index contributed by atoms with van der Waals surface area (Å²) in [6, 6.07) is 19.8. The monoisotopic (exact) mass is 452 g/mol. The third-order valence-electron chi connectivity index (χ3n) is 5.86. The maximum atomic E-state index is 12.0. The number of aliphatic hydroxyl groups is 1. The van der Waals surface area contributed by atoms with E-state index in [1.807, 2.05) is 36.4 Å². The van der Waals surface area contributed by atoms with Gasteiger partial charge >= 0.3 is 0 Å². The van der Waals surface area contributed by atoms with Crippen molar-refractivity contribution in [3.63, 3.8) is 0 Å². The van der Waals surface area contributed by atoms with Crippen molar-refractivity contribution in [2.24, 2.45) is 5.73 Å². The molecule has 2 heterocycles. The van der Waals surface area contributed by atoms with Crippen molar-refractivity contribution >= 4 is 39.3 Å². The Labute approximate surface area is 195 Å². The lowest BCUT2D eigenvalue weighted by molar-refractivity contribution is 0.100. The van der Waals surface area contributed by atoms with Gasteiger partial charge in [0.1, 0.15) is 0 Å². The minimum Gasteiger partial charge on any atom is -0.396 e. The summed E-state index contributed by atoms with van der Waals surface area (Å²) in [5, 5.41) is 14.5. The lowest BCUT2D eigenvalue weighted by atomic mass is 10.0. The smallest absolute Gasteiger partial charge is 0.250 e. The predicted octanol–water partition coefficient (Wildman–Crippen LogP) is 3.72. The van der Waals surface area contributed by atoms with E-state index < -0.39 is 5.91 Å². The van der Waals surface area contributed by atoms with E-state index in [0.717, 1.165) is 38.6 Å². The first-order valence-corrected chi connectivity index (χ1v) is 11.0. The fourth-order valence-electron chi connectivity index (χ4n) is 4.35. The summed E-state index contributed by atoms with van der Waals surface area (Å²) in [4.78, 5) is 20.3. The molecule has 34 heavy (non-hydrogen) atoms. The number of primary amides is 1. The van der Waals surface area contributed by atoms with Crippen molar-refractivity contribution in [2.45, 2.75) is 6.42 Å². The first-order valence-electron chi connectivity index (χ1n) is 11.0. The van der Waals surface area contributed by atoms with E-state index in [1.165, 1.54) is 0 Å². The van der Waals surface area contributed by atoms with E-state index >= 15 is 0 Å². The number of hydrogen-bond donors (Lipinski definition) is 4. The lowest BCUT2D eigenvalue weighted by Gasteiger charge is -2.14. The van der Waals surface area contributed by atoms with E-state index in [9.17, 15) is 4.79 Å². The Kier molecular flexibility index (Phi) is 5.57. The molecule has 0 fully saturated rings. The SMILES string of the molecule is NC(=O)c1ccc(-n2c3ccccc3c3c(-c4cnc(N)nc4)cccc32)cc1NCCCO. The minimum absolute atomic E-state index is 0.0586. The average molecular weight is 453 g/mol. The second kappa shape index (κ2) is 8.84. The van der Waals surface area contributed by atoms with Crippen LogP contribution in [0.4, 0.5) is 11.6 Å².